The Kier molecular flexibility index (Phi) is 6.97. The van der Waals surface area contributed by atoms with Gasteiger partial charge >= 0.3 is 0 Å². The third-order valence-corrected chi connectivity index (χ3v) is 6.59. The molecule has 1 N–H and O–H groups in total. The van der Waals surface area contributed by atoms with Gasteiger partial charge in [0.1, 0.15) is 12.4 Å². The van der Waals surface area contributed by atoms with Crippen LogP contribution >= 0.6 is 0 Å². The molecular weight excluding hydrogens is 412 g/mol. The number of amides is 1. The highest BCUT2D eigenvalue weighted by Gasteiger charge is 2.21. The molecule has 0 fully saturated rings. The zero-order valence-corrected chi connectivity index (χ0v) is 18.6. The number of rotatable bonds is 8. The number of para-hydroxylation sites is 1. The van der Waals surface area contributed by atoms with Crippen LogP contribution in [-0.2, 0) is 10.0 Å². The highest BCUT2D eigenvalue weighted by molar-refractivity contribution is 7.92. The van der Waals surface area contributed by atoms with Gasteiger partial charge in [-0.1, -0.05) is 35.9 Å². The predicted molar refractivity (Wildman–Crippen MR) is 122 cm³/mol. The fourth-order valence-corrected chi connectivity index (χ4v) is 4.11. The van der Waals surface area contributed by atoms with Crippen molar-refractivity contribution in [2.75, 3.05) is 18.0 Å². The average molecular weight is 439 g/mol. The summed E-state index contributed by atoms with van der Waals surface area (Å²) < 4.78 is 32.5. The van der Waals surface area contributed by atoms with E-state index in [0.717, 1.165) is 11.3 Å². The molecule has 0 bridgehead atoms. The Hall–Kier alpha value is -3.32. The van der Waals surface area contributed by atoms with Gasteiger partial charge in [-0.3, -0.25) is 9.10 Å². The largest absolute Gasteiger partial charge is 0.491 e. The van der Waals surface area contributed by atoms with Crippen molar-refractivity contribution >= 4 is 21.6 Å². The number of ether oxygens (including phenoxy) is 1. The number of carbonyl (C=O) groups excluding carboxylic acids is 1. The van der Waals surface area contributed by atoms with Crippen LogP contribution in [-0.4, -0.2) is 34.0 Å². The standard InChI is InChI=1S/C24H26N2O4S/c1-18-9-15-23(16-10-18)31(28,29)26(3)21-13-11-20(12-14-21)24(27)25-19(2)17-30-22-7-5-4-6-8-22/h4-16,19H,17H2,1-3H3,(H,25,27)/t19-/m1/s1. The van der Waals surface area contributed by atoms with Gasteiger partial charge in [0, 0.05) is 12.6 Å². The van der Waals surface area contributed by atoms with Gasteiger partial charge in [-0.15, -0.1) is 0 Å². The molecule has 0 heterocycles. The summed E-state index contributed by atoms with van der Waals surface area (Å²) in [6.07, 6.45) is 0. The quantitative estimate of drug-likeness (QED) is 0.576. The van der Waals surface area contributed by atoms with Crippen molar-refractivity contribution in [2.45, 2.75) is 24.8 Å². The maximum atomic E-state index is 12.8. The summed E-state index contributed by atoms with van der Waals surface area (Å²) in [4.78, 5) is 12.7. The molecule has 7 heteroatoms. The molecular formula is C24H26N2O4S. The van der Waals surface area contributed by atoms with Crippen molar-refractivity contribution in [1.82, 2.24) is 5.32 Å². The van der Waals surface area contributed by atoms with Crippen LogP contribution in [0.4, 0.5) is 5.69 Å². The second-order valence-corrected chi connectivity index (χ2v) is 9.30. The van der Waals surface area contributed by atoms with Gasteiger partial charge in [-0.25, -0.2) is 8.42 Å². The Morgan fingerprint density at radius 2 is 1.58 bits per heavy atom. The number of anilines is 1. The third kappa shape index (κ3) is 5.64. The molecule has 31 heavy (non-hydrogen) atoms. The van der Waals surface area contributed by atoms with Crippen LogP contribution in [0.25, 0.3) is 0 Å². The Morgan fingerprint density at radius 3 is 2.19 bits per heavy atom. The number of nitrogens with zero attached hydrogens (tertiary/aromatic N) is 1. The number of carbonyl (C=O) groups is 1. The van der Waals surface area contributed by atoms with Gasteiger partial charge in [0.25, 0.3) is 15.9 Å². The minimum atomic E-state index is -3.68. The highest BCUT2D eigenvalue weighted by atomic mass is 32.2. The summed E-state index contributed by atoms with van der Waals surface area (Å²) in [7, 11) is -2.19. The van der Waals surface area contributed by atoms with Crippen LogP contribution in [0.3, 0.4) is 0 Å². The van der Waals surface area contributed by atoms with Gasteiger partial charge in [-0.2, -0.15) is 0 Å². The molecule has 0 aliphatic carbocycles. The Bertz CT molecular complexity index is 1110. The number of hydrogen-bond acceptors (Lipinski definition) is 4. The van der Waals surface area contributed by atoms with Crippen LogP contribution in [0, 0.1) is 6.92 Å². The fraction of sp³-hybridized carbons (Fsp3) is 0.208. The maximum absolute atomic E-state index is 12.8. The lowest BCUT2D eigenvalue weighted by atomic mass is 10.2. The van der Waals surface area contributed by atoms with E-state index in [2.05, 4.69) is 5.32 Å². The Morgan fingerprint density at radius 1 is 0.968 bits per heavy atom. The monoisotopic (exact) mass is 438 g/mol. The second-order valence-electron chi connectivity index (χ2n) is 7.33. The minimum Gasteiger partial charge on any atom is -0.491 e. The molecule has 162 valence electrons. The highest BCUT2D eigenvalue weighted by Crippen LogP contribution is 2.22. The molecule has 0 spiro atoms. The number of nitrogens with one attached hydrogen (secondary N) is 1. The SMILES string of the molecule is Cc1ccc(S(=O)(=O)N(C)c2ccc(C(=O)N[C@H](C)COc3ccccc3)cc2)cc1. The second kappa shape index (κ2) is 9.66. The van der Waals surface area contributed by atoms with E-state index in [-0.39, 0.29) is 16.8 Å². The van der Waals surface area contributed by atoms with Gasteiger partial charge in [0.2, 0.25) is 0 Å². The molecule has 0 aliphatic heterocycles. The van der Waals surface area contributed by atoms with E-state index < -0.39 is 10.0 Å². The number of hydrogen-bond donors (Lipinski definition) is 1. The van der Waals surface area contributed by atoms with Gasteiger partial charge in [0.05, 0.1) is 16.6 Å². The first-order chi connectivity index (χ1) is 14.8. The smallest absolute Gasteiger partial charge is 0.264 e. The molecule has 1 amide bonds. The minimum absolute atomic E-state index is 0.197. The molecule has 3 aromatic rings. The molecule has 0 aromatic heterocycles. The zero-order chi connectivity index (χ0) is 22.4. The summed E-state index contributed by atoms with van der Waals surface area (Å²) in [5.74, 6) is 0.491. The van der Waals surface area contributed by atoms with Gasteiger partial charge in [0.15, 0.2) is 0 Å². The lowest BCUT2D eigenvalue weighted by Gasteiger charge is -2.20. The maximum Gasteiger partial charge on any atom is 0.264 e. The number of benzene rings is 3. The topological polar surface area (TPSA) is 75.7 Å². The molecule has 6 nitrogen and oxygen atoms in total. The first kappa shape index (κ1) is 22.4. The molecule has 0 unspecified atom stereocenters. The summed E-state index contributed by atoms with van der Waals surface area (Å²) in [5, 5.41) is 2.88. The summed E-state index contributed by atoms with van der Waals surface area (Å²) >= 11 is 0. The van der Waals surface area contributed by atoms with Crippen molar-refractivity contribution in [3.63, 3.8) is 0 Å². The van der Waals surface area contributed by atoms with Crippen LogP contribution in [0.5, 0.6) is 5.75 Å². The number of aryl methyl sites for hydroxylation is 1. The lowest BCUT2D eigenvalue weighted by Crippen LogP contribution is -2.36. The van der Waals surface area contributed by atoms with Gasteiger partial charge in [-0.05, 0) is 62.4 Å². The summed E-state index contributed by atoms with van der Waals surface area (Å²) in [5.41, 5.74) is 1.90. The molecule has 0 radical (unpaired) electrons. The third-order valence-electron chi connectivity index (χ3n) is 4.79. The fourth-order valence-electron chi connectivity index (χ4n) is 2.92. The van der Waals surface area contributed by atoms with Crippen LogP contribution in [0.15, 0.2) is 83.8 Å². The van der Waals surface area contributed by atoms with Gasteiger partial charge < -0.3 is 10.1 Å². The molecule has 0 saturated heterocycles. The van der Waals surface area contributed by atoms with E-state index >= 15 is 0 Å². The van der Waals surface area contributed by atoms with Crippen molar-refractivity contribution < 1.29 is 17.9 Å². The van der Waals surface area contributed by atoms with E-state index in [1.807, 2.05) is 44.2 Å². The van der Waals surface area contributed by atoms with E-state index in [4.69, 9.17) is 4.74 Å². The molecule has 0 saturated carbocycles. The van der Waals surface area contributed by atoms with Crippen molar-refractivity contribution in [3.8, 4) is 5.75 Å². The van der Waals surface area contributed by atoms with Crippen LogP contribution in [0.1, 0.15) is 22.8 Å². The van der Waals surface area contributed by atoms with E-state index in [1.165, 1.54) is 11.4 Å². The van der Waals surface area contributed by atoms with Crippen LogP contribution < -0.4 is 14.4 Å². The van der Waals surface area contributed by atoms with Crippen molar-refractivity contribution in [1.29, 1.82) is 0 Å². The summed E-state index contributed by atoms with van der Waals surface area (Å²) in [6.45, 7) is 4.10. The van der Waals surface area contributed by atoms with Crippen molar-refractivity contribution in [2.24, 2.45) is 0 Å². The predicted octanol–water partition coefficient (Wildman–Crippen LogP) is 4.02. The van der Waals surface area contributed by atoms with E-state index in [9.17, 15) is 13.2 Å². The first-order valence-corrected chi connectivity index (χ1v) is 11.4. The molecule has 0 aliphatic rings. The Labute approximate surface area is 183 Å². The van der Waals surface area contributed by atoms with E-state index in [0.29, 0.717) is 17.9 Å². The normalized spacial score (nSPS) is 12.1. The molecule has 3 rings (SSSR count). The van der Waals surface area contributed by atoms with Crippen LogP contribution in [0.2, 0.25) is 0 Å². The Balaban J connectivity index is 1.62. The first-order valence-electron chi connectivity index (χ1n) is 9.92. The summed E-state index contributed by atoms with van der Waals surface area (Å²) in [6, 6.07) is 22.3. The van der Waals surface area contributed by atoms with E-state index in [1.54, 1.807) is 48.5 Å². The zero-order valence-electron chi connectivity index (χ0n) is 17.8. The van der Waals surface area contributed by atoms with Crippen molar-refractivity contribution in [3.05, 3.63) is 90.0 Å². The average Bonchev–Trinajstić information content (AvgIpc) is 2.78. The lowest BCUT2D eigenvalue weighted by molar-refractivity contribution is 0.0926. The molecule has 3 aromatic carbocycles. The number of sulfonamides is 1. The molecule has 1 atom stereocenters.